The Morgan fingerprint density at radius 2 is 2.00 bits per heavy atom. The van der Waals surface area contributed by atoms with Gasteiger partial charge >= 0.3 is 5.97 Å². The third kappa shape index (κ3) is 5.60. The van der Waals surface area contributed by atoms with E-state index in [1.165, 1.54) is 64.7 Å². The molecule has 0 aliphatic carbocycles. The van der Waals surface area contributed by atoms with Crippen molar-refractivity contribution < 1.29 is 30.8 Å². The number of benzene rings is 1. The Hall–Kier alpha value is -4.64. The Balaban J connectivity index is 0.00000423. The first-order chi connectivity index (χ1) is 20.0. The summed E-state index contributed by atoms with van der Waals surface area (Å²) in [5.41, 5.74) is 0.417. The number of phenols is 1. The first-order valence-corrected chi connectivity index (χ1v) is 14.4. The van der Waals surface area contributed by atoms with Gasteiger partial charge in [-0.05, 0) is 40.6 Å². The molecule has 42 heavy (non-hydrogen) atoms. The second kappa shape index (κ2) is 11.7. The van der Waals surface area contributed by atoms with Crippen LogP contribution in [0.5, 0.6) is 5.75 Å². The van der Waals surface area contributed by atoms with Crippen LogP contribution < -0.4 is 16.1 Å². The van der Waals surface area contributed by atoms with Crippen LogP contribution in [0, 0.1) is 6.92 Å². The summed E-state index contributed by atoms with van der Waals surface area (Å²) in [6.45, 7) is 1.65. The molecular formula is C25H26N8O7S2. The number of aliphatic carboxylic acids is 1. The summed E-state index contributed by atoms with van der Waals surface area (Å²) >= 11 is 2.52. The van der Waals surface area contributed by atoms with Crippen molar-refractivity contribution in [3.05, 3.63) is 74.8 Å². The molecule has 1 unspecified atom stereocenters. The average molecular weight is 615 g/mol. The molecule has 0 spiro atoms. The Morgan fingerprint density at radius 3 is 2.64 bits per heavy atom. The SMILES string of the molecule is Cc1cc(=O)c(C(=O)NC(C(=O)N[C@@H]2C(=O)N3C(C(=O)O)=C(CSc4nnnn4C)CS[C@H]23)c2ccc(O)cc2)c[nH]1.[HH]. The predicted octanol–water partition coefficient (Wildman–Crippen LogP) is 0.160. The van der Waals surface area contributed by atoms with Crippen LogP contribution in [0.4, 0.5) is 0 Å². The predicted molar refractivity (Wildman–Crippen MR) is 151 cm³/mol. The number of β-lactam (4-membered cyclic amide) rings is 1. The van der Waals surface area contributed by atoms with E-state index in [2.05, 4.69) is 31.1 Å². The summed E-state index contributed by atoms with van der Waals surface area (Å²) in [6.07, 6.45) is 1.24. The van der Waals surface area contributed by atoms with E-state index in [4.69, 9.17) is 0 Å². The minimum Gasteiger partial charge on any atom is -0.508 e. The largest absolute Gasteiger partial charge is 0.508 e. The number of H-pyrrole nitrogens is 1. The fourth-order valence-corrected chi connectivity index (χ4v) is 6.79. The van der Waals surface area contributed by atoms with Crippen LogP contribution in [0.15, 0.2) is 57.7 Å². The van der Waals surface area contributed by atoms with Gasteiger partial charge in [0, 0.05) is 37.9 Å². The smallest absolute Gasteiger partial charge is 0.352 e. The van der Waals surface area contributed by atoms with Crippen molar-refractivity contribution >= 4 is 47.2 Å². The van der Waals surface area contributed by atoms with Gasteiger partial charge in [0.15, 0.2) is 5.43 Å². The van der Waals surface area contributed by atoms with Gasteiger partial charge in [0.05, 0.1) is 0 Å². The minimum atomic E-state index is -1.34. The highest BCUT2D eigenvalue weighted by atomic mass is 32.2. The number of carboxylic acids is 1. The number of aromatic nitrogens is 5. The standard InChI is InChI=1S/C25H24N8O7S2.H2/c1-11-7-16(35)15(8-26-11)20(36)27-17(12-3-5-14(34)6-4-12)21(37)28-18-22(38)33-19(24(39)40)13(9-41-23(18)33)10-42-25-29-30-31-32(25)2;/h3-8,17-18,23,34H,9-10H2,1-2H3,(H,26,35)(H,27,36)(H,28,37)(H,39,40);1H/t17?,18-,23-;/m1./s1. The lowest BCUT2D eigenvalue weighted by atomic mass is 10.0. The molecule has 3 atom stereocenters. The molecule has 1 fully saturated rings. The fourth-order valence-electron chi connectivity index (χ4n) is 4.45. The third-order valence-electron chi connectivity index (χ3n) is 6.57. The molecule has 3 amide bonds. The molecule has 0 bridgehead atoms. The number of aryl methyl sites for hydroxylation is 2. The van der Waals surface area contributed by atoms with E-state index < -0.39 is 46.6 Å². The average Bonchev–Trinajstić information content (AvgIpc) is 3.37. The van der Waals surface area contributed by atoms with Gasteiger partial charge in [-0.1, -0.05) is 23.9 Å². The van der Waals surface area contributed by atoms with Crippen molar-refractivity contribution in [2.24, 2.45) is 7.05 Å². The summed E-state index contributed by atoms with van der Waals surface area (Å²) in [7, 11) is 1.65. The van der Waals surface area contributed by atoms with E-state index in [9.17, 15) is 34.2 Å². The van der Waals surface area contributed by atoms with Crippen LogP contribution in [0.2, 0.25) is 0 Å². The van der Waals surface area contributed by atoms with Crippen molar-refractivity contribution in [2.45, 2.75) is 29.5 Å². The number of carbonyl (C=O) groups is 4. The van der Waals surface area contributed by atoms with Crippen LogP contribution in [-0.4, -0.2) is 86.9 Å². The van der Waals surface area contributed by atoms with Gasteiger partial charge < -0.3 is 25.8 Å². The third-order valence-corrected chi connectivity index (χ3v) is 9.01. The van der Waals surface area contributed by atoms with Gasteiger partial charge in [0.1, 0.15) is 34.5 Å². The van der Waals surface area contributed by atoms with Gasteiger partial charge in [-0.25, -0.2) is 9.48 Å². The maximum absolute atomic E-state index is 13.5. The molecule has 3 aromatic rings. The summed E-state index contributed by atoms with van der Waals surface area (Å²) in [6, 6.07) is 4.35. The number of carboxylic acid groups (broad SMARTS) is 1. The molecule has 5 rings (SSSR count). The lowest BCUT2D eigenvalue weighted by Crippen LogP contribution is -2.71. The number of nitrogens with one attached hydrogen (secondary N) is 3. The first kappa shape index (κ1) is 28.9. The zero-order valence-corrected chi connectivity index (χ0v) is 23.7. The molecule has 0 radical (unpaired) electrons. The van der Waals surface area contributed by atoms with E-state index in [0.29, 0.717) is 16.4 Å². The molecule has 4 heterocycles. The summed E-state index contributed by atoms with van der Waals surface area (Å²) < 4.78 is 1.45. The van der Waals surface area contributed by atoms with Crippen LogP contribution in [0.3, 0.4) is 0 Å². The number of phenolic OH excluding ortho intramolecular Hbond substituents is 1. The van der Waals surface area contributed by atoms with Gasteiger partial charge in [-0.3, -0.25) is 24.1 Å². The number of thioether (sulfide) groups is 2. The number of nitrogens with zero attached hydrogens (tertiary/aromatic N) is 5. The molecule has 15 nitrogen and oxygen atoms in total. The van der Waals surface area contributed by atoms with E-state index in [-0.39, 0.29) is 35.5 Å². The molecule has 0 saturated carbocycles. The van der Waals surface area contributed by atoms with Crippen molar-refractivity contribution in [2.75, 3.05) is 11.5 Å². The van der Waals surface area contributed by atoms with Crippen molar-refractivity contribution in [3.63, 3.8) is 0 Å². The van der Waals surface area contributed by atoms with E-state index in [1.54, 1.807) is 14.0 Å². The van der Waals surface area contributed by atoms with E-state index >= 15 is 0 Å². The van der Waals surface area contributed by atoms with Gasteiger partial charge in [0.2, 0.25) is 11.1 Å². The molecule has 2 aliphatic rings. The molecule has 2 aromatic heterocycles. The van der Waals surface area contributed by atoms with Crippen LogP contribution >= 0.6 is 23.5 Å². The number of carbonyl (C=O) groups excluding carboxylic acids is 3. The number of rotatable bonds is 9. The Labute approximate surface area is 247 Å². The fraction of sp³-hybridized carbons (Fsp3) is 0.280. The number of amides is 3. The monoisotopic (exact) mass is 614 g/mol. The topological polar surface area (TPSA) is 212 Å². The van der Waals surface area contributed by atoms with Crippen molar-refractivity contribution in [1.29, 1.82) is 0 Å². The molecular weight excluding hydrogens is 588 g/mol. The van der Waals surface area contributed by atoms with Crippen LogP contribution in [0.25, 0.3) is 0 Å². The molecule has 1 aromatic carbocycles. The van der Waals surface area contributed by atoms with Crippen LogP contribution in [-0.2, 0) is 21.4 Å². The number of hydrogen-bond acceptors (Lipinski definition) is 11. The zero-order chi connectivity index (χ0) is 30.1. The lowest BCUT2D eigenvalue weighted by molar-refractivity contribution is -0.151. The summed E-state index contributed by atoms with van der Waals surface area (Å²) in [5, 5.41) is 35.8. The second-order valence-electron chi connectivity index (χ2n) is 9.42. The summed E-state index contributed by atoms with van der Waals surface area (Å²) in [5.74, 6) is -3.02. The molecule has 1 saturated heterocycles. The molecule has 17 heteroatoms. The Bertz CT molecular complexity index is 1680. The normalized spacial score (nSPS) is 18.6. The number of pyridine rings is 1. The van der Waals surface area contributed by atoms with Gasteiger partial charge in [-0.2, -0.15) is 0 Å². The Kier molecular flexibility index (Phi) is 8.04. The highest BCUT2D eigenvalue weighted by Gasteiger charge is 2.54. The molecule has 5 N–H and O–H groups in total. The number of aromatic amines is 1. The maximum atomic E-state index is 13.5. The highest BCUT2D eigenvalue weighted by Crippen LogP contribution is 2.41. The van der Waals surface area contributed by atoms with Crippen molar-refractivity contribution in [1.82, 2.24) is 40.7 Å². The number of tetrazole rings is 1. The molecule has 220 valence electrons. The number of aromatic hydroxyl groups is 1. The second-order valence-corrected chi connectivity index (χ2v) is 11.5. The van der Waals surface area contributed by atoms with E-state index in [0.717, 1.165) is 4.90 Å². The quantitative estimate of drug-likeness (QED) is 0.161. The van der Waals surface area contributed by atoms with E-state index in [1.807, 2.05) is 0 Å². The Morgan fingerprint density at radius 1 is 1.26 bits per heavy atom. The summed E-state index contributed by atoms with van der Waals surface area (Å²) in [4.78, 5) is 68.1. The zero-order valence-electron chi connectivity index (χ0n) is 22.1. The van der Waals surface area contributed by atoms with Crippen molar-refractivity contribution in [3.8, 4) is 5.75 Å². The van der Waals surface area contributed by atoms with Crippen LogP contribution in [0.1, 0.15) is 29.1 Å². The number of hydrogen-bond donors (Lipinski definition) is 5. The minimum absolute atomic E-state index is 0. The van der Waals surface area contributed by atoms with Gasteiger partial charge in [-0.15, -0.1) is 16.9 Å². The van der Waals surface area contributed by atoms with Gasteiger partial charge in [0.25, 0.3) is 11.8 Å². The lowest BCUT2D eigenvalue weighted by Gasteiger charge is -2.49. The maximum Gasteiger partial charge on any atom is 0.352 e. The highest BCUT2D eigenvalue weighted by molar-refractivity contribution is 8.01. The first-order valence-electron chi connectivity index (χ1n) is 12.4. The molecule has 2 aliphatic heterocycles. The number of fused-ring (bicyclic) bond motifs is 1.